The molecule has 0 aliphatic heterocycles. The number of benzene rings is 1. The molecule has 112 valence electrons. The van der Waals surface area contributed by atoms with Gasteiger partial charge in [0.05, 0.1) is 4.90 Å². The Bertz CT molecular complexity index is 539. The quantitative estimate of drug-likeness (QED) is 0.904. The van der Waals surface area contributed by atoms with Gasteiger partial charge in [-0.1, -0.05) is 25.5 Å². The first-order valence-electron chi connectivity index (χ1n) is 7.27. The van der Waals surface area contributed by atoms with E-state index in [-0.39, 0.29) is 12.0 Å². The minimum absolute atomic E-state index is 0.0378. The van der Waals surface area contributed by atoms with E-state index in [0.29, 0.717) is 11.4 Å². The highest BCUT2D eigenvalue weighted by Gasteiger charge is 2.35. The fourth-order valence-electron chi connectivity index (χ4n) is 3.01. The van der Waals surface area contributed by atoms with E-state index in [1.807, 2.05) is 12.1 Å². The van der Waals surface area contributed by atoms with Crippen molar-refractivity contribution in [2.45, 2.75) is 43.5 Å². The summed E-state index contributed by atoms with van der Waals surface area (Å²) in [5.74, 6) is 0.282. The minimum Gasteiger partial charge on any atom is -0.330 e. The zero-order valence-corrected chi connectivity index (χ0v) is 13.1. The Morgan fingerprint density at radius 1 is 1.25 bits per heavy atom. The largest absolute Gasteiger partial charge is 0.330 e. The van der Waals surface area contributed by atoms with Crippen LogP contribution < -0.4 is 5.73 Å². The van der Waals surface area contributed by atoms with Crippen LogP contribution in [0.15, 0.2) is 29.2 Å². The molecular weight excluding hydrogens is 272 g/mol. The van der Waals surface area contributed by atoms with Crippen LogP contribution in [0.1, 0.15) is 31.7 Å². The molecule has 2 atom stereocenters. The Hall–Kier alpha value is -0.910. The van der Waals surface area contributed by atoms with E-state index in [4.69, 9.17) is 5.73 Å². The van der Waals surface area contributed by atoms with Crippen molar-refractivity contribution in [2.75, 3.05) is 13.6 Å². The van der Waals surface area contributed by atoms with Gasteiger partial charge in [-0.3, -0.25) is 0 Å². The molecule has 2 N–H and O–H groups in total. The number of sulfonamides is 1. The summed E-state index contributed by atoms with van der Waals surface area (Å²) in [5.41, 5.74) is 6.91. The fraction of sp³-hybridized carbons (Fsp3) is 0.600. The van der Waals surface area contributed by atoms with Gasteiger partial charge in [-0.2, -0.15) is 4.31 Å². The number of rotatable bonds is 5. The maximum Gasteiger partial charge on any atom is 0.243 e. The van der Waals surface area contributed by atoms with Crippen LogP contribution in [0.5, 0.6) is 0 Å². The highest BCUT2D eigenvalue weighted by Crippen LogP contribution is 2.31. The van der Waals surface area contributed by atoms with Crippen molar-refractivity contribution in [3.63, 3.8) is 0 Å². The zero-order valence-electron chi connectivity index (χ0n) is 12.2. The van der Waals surface area contributed by atoms with Crippen LogP contribution in [0, 0.1) is 5.92 Å². The molecule has 0 bridgehead atoms. The lowest BCUT2D eigenvalue weighted by Gasteiger charge is -2.28. The molecule has 4 nitrogen and oxygen atoms in total. The molecule has 1 aromatic carbocycles. The van der Waals surface area contributed by atoms with Gasteiger partial charge in [0.2, 0.25) is 10.0 Å². The molecule has 5 heteroatoms. The average molecular weight is 296 g/mol. The average Bonchev–Trinajstić information content (AvgIpc) is 2.94. The number of hydrogen-bond donors (Lipinski definition) is 1. The van der Waals surface area contributed by atoms with E-state index in [2.05, 4.69) is 6.92 Å². The van der Waals surface area contributed by atoms with Crippen molar-refractivity contribution in [1.29, 1.82) is 0 Å². The second kappa shape index (κ2) is 6.24. The first-order valence-corrected chi connectivity index (χ1v) is 8.71. The third-order valence-electron chi connectivity index (χ3n) is 4.40. The minimum atomic E-state index is -3.41. The van der Waals surface area contributed by atoms with Crippen molar-refractivity contribution in [3.8, 4) is 0 Å². The topological polar surface area (TPSA) is 63.4 Å². The van der Waals surface area contributed by atoms with E-state index in [1.54, 1.807) is 19.2 Å². The summed E-state index contributed by atoms with van der Waals surface area (Å²) in [7, 11) is -1.73. The first kappa shape index (κ1) is 15.5. The predicted octanol–water partition coefficient (Wildman–Crippen LogP) is 2.00. The van der Waals surface area contributed by atoms with Gasteiger partial charge in [0, 0.05) is 13.1 Å². The van der Waals surface area contributed by atoms with Crippen LogP contribution in [-0.2, 0) is 16.4 Å². The molecule has 1 aliphatic rings. The highest BCUT2D eigenvalue weighted by molar-refractivity contribution is 7.89. The second-order valence-corrected chi connectivity index (χ2v) is 7.51. The van der Waals surface area contributed by atoms with Gasteiger partial charge in [0.25, 0.3) is 0 Å². The summed E-state index contributed by atoms with van der Waals surface area (Å²) < 4.78 is 26.9. The summed E-state index contributed by atoms with van der Waals surface area (Å²) >= 11 is 0. The number of aryl methyl sites for hydroxylation is 1. The molecule has 1 aromatic rings. The normalized spacial score (nSPS) is 23.4. The van der Waals surface area contributed by atoms with Gasteiger partial charge in [-0.15, -0.1) is 0 Å². The van der Waals surface area contributed by atoms with E-state index in [1.165, 1.54) is 4.31 Å². The Labute approximate surface area is 122 Å². The van der Waals surface area contributed by atoms with E-state index < -0.39 is 10.0 Å². The van der Waals surface area contributed by atoms with Crippen molar-refractivity contribution in [1.82, 2.24) is 4.31 Å². The van der Waals surface area contributed by atoms with Gasteiger partial charge in [0.15, 0.2) is 0 Å². The molecule has 0 amide bonds. The Morgan fingerprint density at radius 3 is 2.45 bits per heavy atom. The lowest BCUT2D eigenvalue weighted by Crippen LogP contribution is -2.41. The molecule has 1 fully saturated rings. The Morgan fingerprint density at radius 2 is 1.90 bits per heavy atom. The smallest absolute Gasteiger partial charge is 0.243 e. The maximum atomic E-state index is 12.7. The molecular formula is C15H24N2O2S. The maximum absolute atomic E-state index is 12.7. The molecule has 0 heterocycles. The van der Waals surface area contributed by atoms with E-state index in [9.17, 15) is 8.42 Å². The molecule has 0 spiro atoms. The summed E-state index contributed by atoms with van der Waals surface area (Å²) in [6.07, 6.45) is 3.90. The Balaban J connectivity index is 2.24. The monoisotopic (exact) mass is 296 g/mol. The molecule has 1 saturated carbocycles. The van der Waals surface area contributed by atoms with Crippen molar-refractivity contribution < 1.29 is 8.42 Å². The summed E-state index contributed by atoms with van der Waals surface area (Å²) in [6, 6.07) is 7.22. The summed E-state index contributed by atoms with van der Waals surface area (Å²) in [4.78, 5) is 0.375. The van der Waals surface area contributed by atoms with Gasteiger partial charge in [-0.05, 0) is 49.4 Å². The van der Waals surface area contributed by atoms with Gasteiger partial charge in [-0.25, -0.2) is 8.42 Å². The third-order valence-corrected chi connectivity index (χ3v) is 6.29. The summed E-state index contributed by atoms with van der Waals surface area (Å²) in [6.45, 7) is 2.61. The first-order chi connectivity index (χ1) is 9.50. The molecule has 20 heavy (non-hydrogen) atoms. The third kappa shape index (κ3) is 2.90. The zero-order chi connectivity index (χ0) is 14.8. The van der Waals surface area contributed by atoms with Crippen molar-refractivity contribution in [2.24, 2.45) is 11.7 Å². The molecule has 1 aliphatic carbocycles. The molecule has 0 radical (unpaired) electrons. The highest BCUT2D eigenvalue weighted by atomic mass is 32.2. The molecule has 0 saturated heterocycles. The lowest BCUT2D eigenvalue weighted by atomic mass is 10.0. The van der Waals surface area contributed by atoms with Crippen LogP contribution in [0.4, 0.5) is 0 Å². The number of nitrogens with two attached hydrogens (primary N) is 1. The van der Waals surface area contributed by atoms with E-state index in [0.717, 1.165) is 31.2 Å². The summed E-state index contributed by atoms with van der Waals surface area (Å²) in [5, 5.41) is 0. The second-order valence-electron chi connectivity index (χ2n) is 5.51. The van der Waals surface area contributed by atoms with Gasteiger partial charge >= 0.3 is 0 Å². The van der Waals surface area contributed by atoms with Crippen molar-refractivity contribution in [3.05, 3.63) is 29.8 Å². The lowest BCUT2D eigenvalue weighted by molar-refractivity contribution is 0.304. The van der Waals surface area contributed by atoms with Crippen LogP contribution in [0.2, 0.25) is 0 Å². The van der Waals surface area contributed by atoms with Crippen LogP contribution >= 0.6 is 0 Å². The number of hydrogen-bond acceptors (Lipinski definition) is 3. The molecule has 2 rings (SSSR count). The van der Waals surface area contributed by atoms with Crippen LogP contribution in [0.25, 0.3) is 0 Å². The van der Waals surface area contributed by atoms with E-state index >= 15 is 0 Å². The van der Waals surface area contributed by atoms with Gasteiger partial charge in [0.1, 0.15) is 0 Å². The fourth-order valence-corrected chi connectivity index (χ4v) is 4.46. The van der Waals surface area contributed by atoms with Gasteiger partial charge < -0.3 is 5.73 Å². The van der Waals surface area contributed by atoms with Crippen molar-refractivity contribution >= 4 is 10.0 Å². The standard InChI is InChI=1S/C15H24N2O2S/c1-3-12-7-9-14(10-8-12)20(18,19)17(2)15-6-4-5-13(15)11-16/h7-10,13,15H,3-6,11,16H2,1-2H3. The predicted molar refractivity (Wildman–Crippen MR) is 81.0 cm³/mol. The Kier molecular flexibility index (Phi) is 4.83. The SMILES string of the molecule is CCc1ccc(S(=O)(=O)N(C)C2CCCC2CN)cc1. The molecule has 2 unspecified atom stereocenters. The van der Waals surface area contributed by atoms with Crippen LogP contribution in [0.3, 0.4) is 0 Å². The molecule has 0 aromatic heterocycles. The van der Waals surface area contributed by atoms with Crippen LogP contribution in [-0.4, -0.2) is 32.4 Å². The number of nitrogens with zero attached hydrogens (tertiary/aromatic N) is 1.